The van der Waals surface area contributed by atoms with Crippen LogP contribution >= 0.6 is 15.9 Å². The van der Waals surface area contributed by atoms with Crippen LogP contribution in [0.2, 0.25) is 0 Å². The highest BCUT2D eigenvalue weighted by molar-refractivity contribution is 9.10. The van der Waals surface area contributed by atoms with E-state index in [0.29, 0.717) is 0 Å². The molecule has 1 aromatic rings. The molecule has 0 spiro atoms. The maximum atomic E-state index is 13.0. The summed E-state index contributed by atoms with van der Waals surface area (Å²) < 4.78 is 13.8. The van der Waals surface area contributed by atoms with Crippen LogP contribution in [0.5, 0.6) is 0 Å². The van der Waals surface area contributed by atoms with Crippen LogP contribution in [0.15, 0.2) is 22.7 Å². The molecule has 4 heteroatoms. The van der Waals surface area contributed by atoms with E-state index < -0.39 is 0 Å². The summed E-state index contributed by atoms with van der Waals surface area (Å²) in [5.41, 5.74) is 7.20. The standard InChI is InChI=1S/C14H22BrFN2/c1-3-18(4-2)8-7-13(17)9-11-5-6-12(16)10-14(11)15/h5-6,10,13H,3-4,7-9,17H2,1-2H3. The van der Waals surface area contributed by atoms with Crippen LogP contribution in [0.4, 0.5) is 4.39 Å². The van der Waals surface area contributed by atoms with Crippen LogP contribution < -0.4 is 5.73 Å². The average molecular weight is 317 g/mol. The second kappa shape index (κ2) is 7.87. The Morgan fingerprint density at radius 1 is 1.33 bits per heavy atom. The Bertz CT molecular complexity index is 367. The molecule has 0 aliphatic carbocycles. The minimum absolute atomic E-state index is 0.118. The normalized spacial score (nSPS) is 13.0. The van der Waals surface area contributed by atoms with Gasteiger partial charge in [0, 0.05) is 10.5 Å². The van der Waals surface area contributed by atoms with Gasteiger partial charge in [0.25, 0.3) is 0 Å². The molecule has 0 heterocycles. The Kier molecular flexibility index (Phi) is 6.82. The summed E-state index contributed by atoms with van der Waals surface area (Å²) in [4.78, 5) is 2.36. The summed E-state index contributed by atoms with van der Waals surface area (Å²) in [7, 11) is 0. The van der Waals surface area contributed by atoms with Gasteiger partial charge in [-0.1, -0.05) is 35.8 Å². The van der Waals surface area contributed by atoms with E-state index in [1.807, 2.05) is 0 Å². The molecule has 0 fully saturated rings. The first kappa shape index (κ1) is 15.6. The molecular weight excluding hydrogens is 295 g/mol. The molecule has 2 N–H and O–H groups in total. The first-order valence-corrected chi connectivity index (χ1v) is 7.28. The van der Waals surface area contributed by atoms with Crippen molar-refractivity contribution < 1.29 is 4.39 Å². The van der Waals surface area contributed by atoms with Crippen LogP contribution in [0.1, 0.15) is 25.8 Å². The number of hydrogen-bond donors (Lipinski definition) is 1. The van der Waals surface area contributed by atoms with Crippen molar-refractivity contribution in [1.82, 2.24) is 4.90 Å². The van der Waals surface area contributed by atoms with Crippen molar-refractivity contribution in [2.75, 3.05) is 19.6 Å². The lowest BCUT2D eigenvalue weighted by Crippen LogP contribution is -2.31. The van der Waals surface area contributed by atoms with Gasteiger partial charge in [0.2, 0.25) is 0 Å². The summed E-state index contributed by atoms with van der Waals surface area (Å²) in [5.74, 6) is -0.220. The smallest absolute Gasteiger partial charge is 0.124 e. The third-order valence-electron chi connectivity index (χ3n) is 3.21. The largest absolute Gasteiger partial charge is 0.327 e. The van der Waals surface area contributed by atoms with Gasteiger partial charge >= 0.3 is 0 Å². The minimum atomic E-state index is -0.220. The first-order valence-electron chi connectivity index (χ1n) is 6.48. The van der Waals surface area contributed by atoms with Crippen molar-refractivity contribution in [3.8, 4) is 0 Å². The Morgan fingerprint density at radius 2 is 2.00 bits per heavy atom. The lowest BCUT2D eigenvalue weighted by molar-refractivity contribution is 0.290. The van der Waals surface area contributed by atoms with Crippen LogP contribution in [0.3, 0.4) is 0 Å². The molecule has 102 valence electrons. The second-order valence-electron chi connectivity index (χ2n) is 4.52. The van der Waals surface area contributed by atoms with E-state index >= 15 is 0 Å². The Morgan fingerprint density at radius 3 is 2.56 bits per heavy atom. The number of hydrogen-bond acceptors (Lipinski definition) is 2. The maximum absolute atomic E-state index is 13.0. The van der Waals surface area contributed by atoms with Gasteiger partial charge in [-0.3, -0.25) is 0 Å². The first-order chi connectivity index (χ1) is 8.56. The highest BCUT2D eigenvalue weighted by atomic mass is 79.9. The lowest BCUT2D eigenvalue weighted by Gasteiger charge is -2.20. The maximum Gasteiger partial charge on any atom is 0.124 e. The zero-order chi connectivity index (χ0) is 13.5. The molecule has 2 nitrogen and oxygen atoms in total. The highest BCUT2D eigenvalue weighted by Crippen LogP contribution is 2.19. The van der Waals surface area contributed by atoms with E-state index in [4.69, 9.17) is 5.73 Å². The van der Waals surface area contributed by atoms with Gasteiger partial charge in [0.1, 0.15) is 5.82 Å². The van der Waals surface area contributed by atoms with Gasteiger partial charge in [-0.15, -0.1) is 0 Å². The van der Waals surface area contributed by atoms with Gasteiger partial charge < -0.3 is 10.6 Å². The molecule has 0 aromatic heterocycles. The zero-order valence-corrected chi connectivity index (χ0v) is 12.7. The fourth-order valence-corrected chi connectivity index (χ4v) is 2.47. The second-order valence-corrected chi connectivity index (χ2v) is 5.37. The van der Waals surface area contributed by atoms with Crippen molar-refractivity contribution in [1.29, 1.82) is 0 Å². The summed E-state index contributed by atoms with van der Waals surface area (Å²) in [6.45, 7) is 7.46. The van der Waals surface area contributed by atoms with Crippen molar-refractivity contribution in [2.45, 2.75) is 32.7 Å². The third kappa shape index (κ3) is 5.04. The summed E-state index contributed by atoms with van der Waals surface area (Å²) in [6.07, 6.45) is 1.74. The number of rotatable bonds is 7. The summed E-state index contributed by atoms with van der Waals surface area (Å²) in [6, 6.07) is 4.90. The quantitative estimate of drug-likeness (QED) is 0.837. The molecule has 1 unspecified atom stereocenters. The van der Waals surface area contributed by atoms with Crippen molar-refractivity contribution in [3.05, 3.63) is 34.1 Å². The fraction of sp³-hybridized carbons (Fsp3) is 0.571. The topological polar surface area (TPSA) is 29.3 Å². The van der Waals surface area contributed by atoms with E-state index in [1.165, 1.54) is 12.1 Å². The minimum Gasteiger partial charge on any atom is -0.327 e. The van der Waals surface area contributed by atoms with Crippen molar-refractivity contribution in [3.63, 3.8) is 0 Å². The predicted octanol–water partition coefficient (Wildman–Crippen LogP) is 3.19. The summed E-state index contributed by atoms with van der Waals surface area (Å²) in [5, 5.41) is 0. The molecule has 0 saturated carbocycles. The van der Waals surface area contributed by atoms with Gasteiger partial charge in [-0.05, 0) is 50.2 Å². The molecule has 0 radical (unpaired) electrons. The predicted molar refractivity (Wildman–Crippen MR) is 78.2 cm³/mol. The van der Waals surface area contributed by atoms with Crippen LogP contribution in [0.25, 0.3) is 0 Å². The molecule has 0 saturated heterocycles. The van der Waals surface area contributed by atoms with Crippen molar-refractivity contribution in [2.24, 2.45) is 5.73 Å². The van der Waals surface area contributed by atoms with E-state index in [2.05, 4.69) is 34.7 Å². The molecular formula is C14H22BrFN2. The van der Waals surface area contributed by atoms with Gasteiger partial charge in [0.15, 0.2) is 0 Å². The fourth-order valence-electron chi connectivity index (χ4n) is 1.96. The Hall–Kier alpha value is -0.450. The molecule has 0 amide bonds. The number of nitrogens with zero attached hydrogens (tertiary/aromatic N) is 1. The zero-order valence-electron chi connectivity index (χ0n) is 11.1. The van der Waals surface area contributed by atoms with Crippen molar-refractivity contribution >= 4 is 15.9 Å². The number of nitrogens with two attached hydrogens (primary N) is 1. The molecule has 1 atom stereocenters. The monoisotopic (exact) mass is 316 g/mol. The van der Waals surface area contributed by atoms with Crippen LogP contribution in [-0.2, 0) is 6.42 Å². The molecule has 0 aliphatic heterocycles. The summed E-state index contributed by atoms with van der Waals surface area (Å²) >= 11 is 3.38. The highest BCUT2D eigenvalue weighted by Gasteiger charge is 2.09. The van der Waals surface area contributed by atoms with Crippen LogP contribution in [0, 0.1) is 5.82 Å². The van der Waals surface area contributed by atoms with E-state index in [1.54, 1.807) is 6.07 Å². The SMILES string of the molecule is CCN(CC)CCC(N)Cc1ccc(F)cc1Br. The van der Waals surface area contributed by atoms with Crippen LogP contribution in [-0.4, -0.2) is 30.6 Å². The van der Waals surface area contributed by atoms with Gasteiger partial charge in [-0.2, -0.15) is 0 Å². The van der Waals surface area contributed by atoms with E-state index in [-0.39, 0.29) is 11.9 Å². The molecule has 1 aromatic carbocycles. The average Bonchev–Trinajstić information content (AvgIpc) is 2.34. The third-order valence-corrected chi connectivity index (χ3v) is 3.95. The molecule has 18 heavy (non-hydrogen) atoms. The van der Waals surface area contributed by atoms with Gasteiger partial charge in [-0.25, -0.2) is 4.39 Å². The lowest BCUT2D eigenvalue weighted by atomic mass is 10.0. The van der Waals surface area contributed by atoms with E-state index in [9.17, 15) is 4.39 Å². The van der Waals surface area contributed by atoms with Gasteiger partial charge in [0.05, 0.1) is 0 Å². The molecule has 0 aliphatic rings. The van der Waals surface area contributed by atoms with E-state index in [0.717, 1.165) is 42.5 Å². The Labute approximate surface area is 117 Å². The molecule has 1 rings (SSSR count). The number of halogens is 2. The number of benzene rings is 1. The molecule has 0 bridgehead atoms. The Balaban J connectivity index is 2.46.